The van der Waals surface area contributed by atoms with Gasteiger partial charge in [-0.25, -0.2) is 0 Å². The summed E-state index contributed by atoms with van der Waals surface area (Å²) in [4.78, 5) is 5.24. The molecule has 0 bridgehead atoms. The van der Waals surface area contributed by atoms with Crippen LogP contribution >= 0.6 is 23.5 Å². The molecule has 0 fully saturated rings. The first-order valence-corrected chi connectivity index (χ1v) is 23.4. The van der Waals surface area contributed by atoms with Crippen LogP contribution in [0.4, 0.5) is 0 Å². The van der Waals surface area contributed by atoms with Crippen molar-refractivity contribution in [3.8, 4) is 55.9 Å². The van der Waals surface area contributed by atoms with E-state index >= 15 is 0 Å². The minimum Gasteiger partial charge on any atom is -0.309 e. The first-order valence-electron chi connectivity index (χ1n) is 21.8. The van der Waals surface area contributed by atoms with Crippen LogP contribution in [0.15, 0.2) is 250 Å². The van der Waals surface area contributed by atoms with Crippen molar-refractivity contribution in [2.75, 3.05) is 0 Å². The molecule has 0 radical (unpaired) electrons. The lowest BCUT2D eigenvalue weighted by atomic mass is 9.90. The minimum atomic E-state index is 1.12. The molecule has 0 unspecified atom stereocenters. The van der Waals surface area contributed by atoms with Gasteiger partial charge < -0.3 is 9.13 Å². The predicted molar refractivity (Wildman–Crippen MR) is 272 cm³/mol. The highest BCUT2D eigenvalue weighted by Gasteiger charge is 2.25. The summed E-state index contributed by atoms with van der Waals surface area (Å²) in [5.74, 6) is 0. The van der Waals surface area contributed by atoms with Gasteiger partial charge in [0.25, 0.3) is 0 Å². The second kappa shape index (κ2) is 15.1. The Morgan fingerprint density at radius 3 is 1.31 bits per heavy atom. The van der Waals surface area contributed by atoms with Crippen molar-refractivity contribution in [1.82, 2.24) is 9.13 Å². The lowest BCUT2D eigenvalue weighted by molar-refractivity contribution is 1.15. The number of aromatic nitrogens is 2. The van der Waals surface area contributed by atoms with Crippen molar-refractivity contribution in [3.63, 3.8) is 0 Å². The molecule has 0 saturated carbocycles. The Hall–Kier alpha value is -7.50. The summed E-state index contributed by atoms with van der Waals surface area (Å²) < 4.78 is 4.98. The van der Waals surface area contributed by atoms with Crippen molar-refractivity contribution in [2.24, 2.45) is 0 Å². The fraction of sp³-hybridized carbons (Fsp3) is 0. The second-order valence-electron chi connectivity index (χ2n) is 16.4. The summed E-state index contributed by atoms with van der Waals surface area (Å²) in [6.07, 6.45) is 0. The third-order valence-corrected chi connectivity index (χ3v) is 15.4. The Bertz CT molecular complexity index is 3690. The van der Waals surface area contributed by atoms with Crippen LogP contribution in [0, 0.1) is 0 Å². The van der Waals surface area contributed by atoms with Gasteiger partial charge in [-0.1, -0.05) is 193 Å². The maximum atomic E-state index is 2.52. The van der Waals surface area contributed by atoms with Gasteiger partial charge in [0.2, 0.25) is 0 Å². The molecule has 300 valence electrons. The van der Waals surface area contributed by atoms with E-state index in [1.807, 2.05) is 23.5 Å². The first kappa shape index (κ1) is 37.1. The lowest BCUT2D eigenvalue weighted by Crippen LogP contribution is -2.04. The molecule has 3 heterocycles. The van der Waals surface area contributed by atoms with E-state index < -0.39 is 0 Å². The third kappa shape index (κ3) is 5.91. The molecule has 0 aliphatic carbocycles. The first-order chi connectivity index (χ1) is 31.8. The largest absolute Gasteiger partial charge is 0.309 e. The number of benzene rings is 10. The smallest absolute Gasteiger partial charge is 0.0620 e. The lowest BCUT2D eigenvalue weighted by Gasteiger charge is -2.23. The van der Waals surface area contributed by atoms with Crippen LogP contribution < -0.4 is 0 Å². The molecule has 0 saturated heterocycles. The van der Waals surface area contributed by atoms with Gasteiger partial charge in [0, 0.05) is 57.9 Å². The summed E-state index contributed by atoms with van der Waals surface area (Å²) in [6.45, 7) is 0. The average Bonchev–Trinajstić information content (AvgIpc) is 3.88. The van der Waals surface area contributed by atoms with Gasteiger partial charge in [0.15, 0.2) is 0 Å². The Balaban J connectivity index is 1.10. The van der Waals surface area contributed by atoms with Gasteiger partial charge in [-0.2, -0.15) is 0 Å². The number of fused-ring (bicyclic) bond motifs is 8. The highest BCUT2D eigenvalue weighted by molar-refractivity contribution is 8.05. The van der Waals surface area contributed by atoms with Crippen LogP contribution in [0.5, 0.6) is 0 Å². The number of para-hydroxylation sites is 4. The van der Waals surface area contributed by atoms with Crippen LogP contribution in [0.2, 0.25) is 0 Å². The molecule has 4 heteroatoms. The zero-order chi connectivity index (χ0) is 42.1. The van der Waals surface area contributed by atoms with Crippen LogP contribution in [-0.2, 0) is 0 Å². The standard InChI is InChI=1S/C60H38N2S2/c1-2-18-39(19-3-1)50-37-42(61-52-29-10-6-24-45(52)46-25-7-11-30-53(46)61)38-51(59(50)62-54-31-12-8-26-47(54)48-27-9-13-32-55(48)62)41-21-16-20-40(36-41)43-22-4-5-23-44(43)49-28-17-35-58-60(49)64-57-34-15-14-33-56(57)63-58/h1-38H. The number of nitrogens with zero attached hydrogens (tertiary/aromatic N) is 2. The van der Waals surface area contributed by atoms with Crippen LogP contribution in [0.1, 0.15) is 0 Å². The maximum Gasteiger partial charge on any atom is 0.0620 e. The molecular weight excluding hydrogens is 813 g/mol. The summed E-state index contributed by atoms with van der Waals surface area (Å²) in [7, 11) is 0. The molecule has 0 amide bonds. The minimum absolute atomic E-state index is 1.12. The van der Waals surface area contributed by atoms with Gasteiger partial charge in [-0.05, 0) is 94.0 Å². The summed E-state index contributed by atoms with van der Waals surface area (Å²) >= 11 is 3.76. The van der Waals surface area contributed by atoms with Gasteiger partial charge in [-0.15, -0.1) is 0 Å². The van der Waals surface area contributed by atoms with Gasteiger partial charge in [0.05, 0.1) is 27.8 Å². The monoisotopic (exact) mass is 850 g/mol. The SMILES string of the molecule is c1ccc(-c2cc(-n3c4ccccc4c4ccccc43)cc(-c3cccc(-c4ccccc4-c4cccc5c4Sc4ccccc4S5)c3)c2-n2c3ccccc3c3ccccc32)cc1. The fourth-order valence-electron chi connectivity index (χ4n) is 10.00. The van der Waals surface area contributed by atoms with Crippen LogP contribution in [0.25, 0.3) is 99.5 Å². The zero-order valence-electron chi connectivity index (χ0n) is 34.7. The van der Waals surface area contributed by atoms with Crippen LogP contribution in [0.3, 0.4) is 0 Å². The molecular formula is C60H38N2S2. The summed E-state index contributed by atoms with van der Waals surface area (Å²) in [5.41, 5.74) is 16.5. The van der Waals surface area contributed by atoms with E-state index in [0.29, 0.717) is 0 Å². The number of rotatable bonds is 6. The Labute approximate surface area is 380 Å². The highest BCUT2D eigenvalue weighted by atomic mass is 32.2. The number of hydrogen-bond donors (Lipinski definition) is 0. The predicted octanol–water partition coefficient (Wildman–Crippen LogP) is 17.2. The molecule has 0 spiro atoms. The Morgan fingerprint density at radius 2 is 0.688 bits per heavy atom. The molecule has 0 N–H and O–H groups in total. The van der Waals surface area contributed by atoms with Gasteiger partial charge in [-0.3, -0.25) is 0 Å². The molecule has 64 heavy (non-hydrogen) atoms. The van der Waals surface area contributed by atoms with Crippen molar-refractivity contribution in [2.45, 2.75) is 19.6 Å². The van der Waals surface area contributed by atoms with Crippen molar-refractivity contribution in [1.29, 1.82) is 0 Å². The number of hydrogen-bond acceptors (Lipinski definition) is 2. The van der Waals surface area contributed by atoms with E-state index in [-0.39, 0.29) is 0 Å². The van der Waals surface area contributed by atoms with E-state index in [2.05, 4.69) is 240 Å². The molecule has 12 aromatic rings. The van der Waals surface area contributed by atoms with Crippen molar-refractivity contribution in [3.05, 3.63) is 231 Å². The molecule has 2 nitrogen and oxygen atoms in total. The average molecular weight is 851 g/mol. The van der Waals surface area contributed by atoms with Crippen molar-refractivity contribution < 1.29 is 0 Å². The maximum absolute atomic E-state index is 2.52. The van der Waals surface area contributed by atoms with Gasteiger partial charge in [0.1, 0.15) is 0 Å². The topological polar surface area (TPSA) is 9.86 Å². The van der Waals surface area contributed by atoms with Crippen molar-refractivity contribution >= 4 is 67.1 Å². The summed E-state index contributed by atoms with van der Waals surface area (Å²) in [5, 5.41) is 4.97. The normalized spacial score (nSPS) is 12.2. The third-order valence-electron chi connectivity index (χ3n) is 12.8. The zero-order valence-corrected chi connectivity index (χ0v) is 36.3. The molecule has 2 aromatic heterocycles. The van der Waals surface area contributed by atoms with E-state index in [9.17, 15) is 0 Å². The molecule has 1 aliphatic heterocycles. The van der Waals surface area contributed by atoms with E-state index in [1.54, 1.807) is 0 Å². The Morgan fingerprint density at radius 1 is 0.266 bits per heavy atom. The molecule has 0 atom stereocenters. The molecule has 10 aromatic carbocycles. The van der Waals surface area contributed by atoms with E-state index in [1.165, 1.54) is 85.4 Å². The van der Waals surface area contributed by atoms with Gasteiger partial charge >= 0.3 is 0 Å². The highest BCUT2D eigenvalue weighted by Crippen LogP contribution is 2.53. The summed E-state index contributed by atoms with van der Waals surface area (Å²) in [6, 6.07) is 84.9. The van der Waals surface area contributed by atoms with E-state index in [0.717, 1.165) is 33.6 Å². The molecule has 13 rings (SSSR count). The molecule has 1 aliphatic rings. The van der Waals surface area contributed by atoms with E-state index in [4.69, 9.17) is 0 Å². The quantitative estimate of drug-likeness (QED) is 0.165. The second-order valence-corrected chi connectivity index (χ2v) is 18.5. The Kier molecular flexibility index (Phi) is 8.75. The van der Waals surface area contributed by atoms with Crippen LogP contribution in [-0.4, -0.2) is 9.13 Å². The fourth-order valence-corrected chi connectivity index (χ4v) is 12.4.